The summed E-state index contributed by atoms with van der Waals surface area (Å²) in [5.41, 5.74) is 3.83. The molecule has 9 heteroatoms. The maximum Gasteiger partial charge on any atom is 0.255 e. The van der Waals surface area contributed by atoms with Gasteiger partial charge in [-0.25, -0.2) is 21.6 Å². The summed E-state index contributed by atoms with van der Waals surface area (Å²) in [6.45, 7) is 5.77. The Morgan fingerprint density at radius 2 is 1.72 bits per heavy atom. The summed E-state index contributed by atoms with van der Waals surface area (Å²) in [5, 5.41) is 2.85. The number of benzene rings is 2. The monoisotopic (exact) mass is 436 g/mol. The minimum atomic E-state index is -3.94. The van der Waals surface area contributed by atoms with Crippen LogP contribution in [0.4, 0.5) is 5.69 Å². The van der Waals surface area contributed by atoms with Gasteiger partial charge < -0.3 is 5.32 Å². The van der Waals surface area contributed by atoms with Crippen LogP contribution in [-0.2, 0) is 19.9 Å². The Balaban J connectivity index is 1.81. The number of carbonyl (C=O) groups is 1. The van der Waals surface area contributed by atoms with Crippen molar-refractivity contribution in [3.63, 3.8) is 0 Å². The van der Waals surface area contributed by atoms with Crippen LogP contribution in [-0.4, -0.2) is 40.3 Å². The first kappa shape index (κ1) is 21.5. The van der Waals surface area contributed by atoms with Crippen molar-refractivity contribution >= 4 is 31.5 Å². The van der Waals surface area contributed by atoms with Crippen molar-refractivity contribution in [1.82, 2.24) is 4.72 Å². The number of anilines is 1. The lowest BCUT2D eigenvalue weighted by Gasteiger charge is -2.14. The average Bonchev–Trinajstić information content (AvgIpc) is 2.95. The number of hydrogen-bond donors (Lipinski definition) is 2. The molecule has 0 radical (unpaired) electrons. The van der Waals surface area contributed by atoms with Crippen LogP contribution >= 0.6 is 0 Å². The minimum absolute atomic E-state index is 0.0299. The van der Waals surface area contributed by atoms with Crippen LogP contribution in [0.3, 0.4) is 0 Å². The van der Waals surface area contributed by atoms with Crippen LogP contribution in [0.2, 0.25) is 0 Å². The van der Waals surface area contributed by atoms with Gasteiger partial charge in [0.25, 0.3) is 5.91 Å². The summed E-state index contributed by atoms with van der Waals surface area (Å²) < 4.78 is 50.8. The van der Waals surface area contributed by atoms with Crippen molar-refractivity contribution in [2.45, 2.75) is 38.1 Å². The van der Waals surface area contributed by atoms with E-state index in [1.54, 1.807) is 0 Å². The average molecular weight is 437 g/mol. The maximum atomic E-state index is 12.7. The highest BCUT2D eigenvalue weighted by atomic mass is 32.2. The van der Waals surface area contributed by atoms with Crippen LogP contribution in [0.15, 0.2) is 41.3 Å². The van der Waals surface area contributed by atoms with Gasteiger partial charge in [0, 0.05) is 17.3 Å². The summed E-state index contributed by atoms with van der Waals surface area (Å²) in [7, 11) is -7.15. The fourth-order valence-electron chi connectivity index (χ4n) is 3.54. The molecule has 1 aliphatic heterocycles. The van der Waals surface area contributed by atoms with Gasteiger partial charge in [-0.15, -0.1) is 0 Å². The van der Waals surface area contributed by atoms with Gasteiger partial charge in [-0.05, 0) is 56.5 Å². The van der Waals surface area contributed by atoms with Crippen molar-refractivity contribution in [2.24, 2.45) is 0 Å². The second-order valence-electron chi connectivity index (χ2n) is 7.48. The molecule has 156 valence electrons. The number of carbonyl (C=O) groups excluding carboxylic acids is 1. The smallest absolute Gasteiger partial charge is 0.255 e. The number of sulfonamides is 1. The largest absolute Gasteiger partial charge is 0.322 e. The predicted molar refractivity (Wildman–Crippen MR) is 112 cm³/mol. The highest BCUT2D eigenvalue weighted by Gasteiger charge is 2.31. The highest BCUT2D eigenvalue weighted by molar-refractivity contribution is 7.92. The van der Waals surface area contributed by atoms with Gasteiger partial charge >= 0.3 is 0 Å². The molecule has 1 heterocycles. The molecule has 0 bridgehead atoms. The lowest BCUT2D eigenvalue weighted by atomic mass is 10.0. The molecule has 1 unspecified atom stereocenters. The molecule has 1 fully saturated rings. The molecule has 1 amide bonds. The molecule has 0 aliphatic carbocycles. The van der Waals surface area contributed by atoms with E-state index in [0.717, 1.165) is 16.7 Å². The molecule has 1 saturated heterocycles. The second kappa shape index (κ2) is 7.89. The summed E-state index contributed by atoms with van der Waals surface area (Å²) in [4.78, 5) is 12.6. The van der Waals surface area contributed by atoms with E-state index < -0.39 is 31.8 Å². The van der Waals surface area contributed by atoms with Crippen LogP contribution in [0.5, 0.6) is 0 Å². The fourth-order valence-corrected chi connectivity index (χ4v) is 6.64. The first-order valence-corrected chi connectivity index (χ1v) is 12.5. The molecule has 2 aromatic carbocycles. The summed E-state index contributed by atoms with van der Waals surface area (Å²) in [6.07, 6.45) is 0.244. The van der Waals surface area contributed by atoms with Crippen molar-refractivity contribution in [2.75, 3.05) is 16.8 Å². The standard InChI is InChI=1S/C20H24N2O5S2/c1-13-9-14(2)19(15(3)10-13)21-20(23)16-5-4-6-18(11-16)29(26,27)22-17-7-8-28(24,25)12-17/h4-6,9-11,17,22H,7-8,12H2,1-3H3,(H,21,23). The first-order chi connectivity index (χ1) is 13.5. The van der Waals surface area contributed by atoms with E-state index in [1.807, 2.05) is 32.9 Å². The zero-order valence-electron chi connectivity index (χ0n) is 16.5. The Morgan fingerprint density at radius 3 is 2.31 bits per heavy atom. The Bertz CT molecular complexity index is 1150. The van der Waals surface area contributed by atoms with Crippen molar-refractivity contribution < 1.29 is 21.6 Å². The van der Waals surface area contributed by atoms with Gasteiger partial charge in [-0.3, -0.25) is 4.79 Å². The van der Waals surface area contributed by atoms with Crippen LogP contribution in [0.1, 0.15) is 33.5 Å². The third-order valence-electron chi connectivity index (χ3n) is 4.88. The van der Waals surface area contributed by atoms with Crippen LogP contribution in [0, 0.1) is 20.8 Å². The zero-order chi connectivity index (χ0) is 21.4. The Hall–Kier alpha value is -2.23. The van der Waals surface area contributed by atoms with Gasteiger partial charge in [0.15, 0.2) is 9.84 Å². The molecule has 29 heavy (non-hydrogen) atoms. The number of rotatable bonds is 5. The maximum absolute atomic E-state index is 12.7. The normalized spacial score (nSPS) is 18.5. The number of aryl methyl sites for hydroxylation is 3. The molecule has 7 nitrogen and oxygen atoms in total. The minimum Gasteiger partial charge on any atom is -0.322 e. The third kappa shape index (κ3) is 5.04. The van der Waals surface area contributed by atoms with Crippen LogP contribution < -0.4 is 10.0 Å². The molecule has 0 saturated carbocycles. The highest BCUT2D eigenvalue weighted by Crippen LogP contribution is 2.23. The molecule has 0 spiro atoms. The van der Waals surface area contributed by atoms with Gasteiger partial charge in [0.05, 0.1) is 16.4 Å². The predicted octanol–water partition coefficient (Wildman–Crippen LogP) is 2.33. The van der Waals surface area contributed by atoms with E-state index in [2.05, 4.69) is 10.0 Å². The lowest BCUT2D eigenvalue weighted by molar-refractivity contribution is 0.102. The summed E-state index contributed by atoms with van der Waals surface area (Å²) >= 11 is 0. The topological polar surface area (TPSA) is 109 Å². The Kier molecular flexibility index (Phi) is 5.84. The second-order valence-corrected chi connectivity index (χ2v) is 11.4. The van der Waals surface area contributed by atoms with Gasteiger partial charge in [-0.2, -0.15) is 0 Å². The zero-order valence-corrected chi connectivity index (χ0v) is 18.2. The van der Waals surface area contributed by atoms with E-state index in [4.69, 9.17) is 0 Å². The number of sulfone groups is 1. The number of nitrogens with one attached hydrogen (secondary N) is 2. The quantitative estimate of drug-likeness (QED) is 0.748. The van der Waals surface area contributed by atoms with E-state index in [9.17, 15) is 21.6 Å². The fraction of sp³-hybridized carbons (Fsp3) is 0.350. The lowest BCUT2D eigenvalue weighted by Crippen LogP contribution is -2.35. The van der Waals surface area contributed by atoms with E-state index in [1.165, 1.54) is 24.3 Å². The number of hydrogen-bond acceptors (Lipinski definition) is 5. The van der Waals surface area contributed by atoms with Gasteiger partial charge in [0.1, 0.15) is 0 Å². The first-order valence-electron chi connectivity index (χ1n) is 9.19. The van der Waals surface area contributed by atoms with E-state index in [-0.39, 0.29) is 28.4 Å². The molecular weight excluding hydrogens is 412 g/mol. The Morgan fingerprint density at radius 1 is 1.07 bits per heavy atom. The molecule has 1 atom stereocenters. The van der Waals surface area contributed by atoms with Gasteiger partial charge in [-0.1, -0.05) is 23.8 Å². The van der Waals surface area contributed by atoms with E-state index >= 15 is 0 Å². The summed E-state index contributed by atoms with van der Waals surface area (Å²) in [5.74, 6) is -0.656. The molecule has 2 aromatic rings. The Labute approximate surface area is 171 Å². The number of amides is 1. The molecule has 2 N–H and O–H groups in total. The summed E-state index contributed by atoms with van der Waals surface area (Å²) in [6, 6.07) is 8.97. The van der Waals surface area contributed by atoms with Crippen molar-refractivity contribution in [3.8, 4) is 0 Å². The SMILES string of the molecule is Cc1cc(C)c(NC(=O)c2cccc(S(=O)(=O)NC3CCS(=O)(=O)C3)c2)c(C)c1. The molecule has 0 aromatic heterocycles. The molecular formula is C20H24N2O5S2. The molecule has 3 rings (SSSR count). The van der Waals surface area contributed by atoms with Gasteiger partial charge in [0.2, 0.25) is 10.0 Å². The van der Waals surface area contributed by atoms with E-state index in [0.29, 0.717) is 5.69 Å². The van der Waals surface area contributed by atoms with Crippen molar-refractivity contribution in [1.29, 1.82) is 0 Å². The van der Waals surface area contributed by atoms with Crippen LogP contribution in [0.25, 0.3) is 0 Å². The molecule has 1 aliphatic rings. The van der Waals surface area contributed by atoms with Crippen molar-refractivity contribution in [3.05, 3.63) is 58.7 Å². The third-order valence-corrected chi connectivity index (χ3v) is 8.16.